The standard InChI is InChI=1S/C18H21N3O4/c1-12(2)20-18(22)14-7-8-16(17(10-14)21(23)24)19-11-13-5-4-6-15(9-13)25-3/h4-10,12,19H,11H2,1-3H3,(H,20,22). The molecule has 0 aliphatic carbocycles. The van der Waals surface area contributed by atoms with E-state index in [1.165, 1.54) is 6.07 Å². The summed E-state index contributed by atoms with van der Waals surface area (Å²) in [6.07, 6.45) is 0. The highest BCUT2D eigenvalue weighted by atomic mass is 16.6. The molecule has 2 rings (SSSR count). The van der Waals surface area contributed by atoms with Gasteiger partial charge in [0.25, 0.3) is 11.6 Å². The van der Waals surface area contributed by atoms with Crippen LogP contribution in [0.4, 0.5) is 11.4 Å². The van der Waals surface area contributed by atoms with Crippen molar-refractivity contribution in [3.63, 3.8) is 0 Å². The molecule has 0 aliphatic heterocycles. The third kappa shape index (κ3) is 4.94. The molecule has 0 atom stereocenters. The van der Waals surface area contributed by atoms with Crippen molar-refractivity contribution >= 4 is 17.3 Å². The Morgan fingerprint density at radius 3 is 2.64 bits per heavy atom. The number of hydrogen-bond donors (Lipinski definition) is 2. The molecule has 25 heavy (non-hydrogen) atoms. The van der Waals surface area contributed by atoms with Crippen LogP contribution in [0.2, 0.25) is 0 Å². The van der Waals surface area contributed by atoms with Crippen LogP contribution in [-0.2, 0) is 6.54 Å². The third-order valence-electron chi connectivity index (χ3n) is 3.49. The predicted octanol–water partition coefficient (Wildman–Crippen LogP) is 3.35. The molecular formula is C18H21N3O4. The van der Waals surface area contributed by atoms with Crippen LogP contribution in [0, 0.1) is 10.1 Å². The van der Waals surface area contributed by atoms with Crippen LogP contribution < -0.4 is 15.4 Å². The Labute approximate surface area is 146 Å². The minimum absolute atomic E-state index is 0.0441. The van der Waals surface area contributed by atoms with E-state index in [1.54, 1.807) is 19.2 Å². The largest absolute Gasteiger partial charge is 0.497 e. The number of benzene rings is 2. The van der Waals surface area contributed by atoms with E-state index in [0.717, 1.165) is 11.3 Å². The Bertz CT molecular complexity index is 775. The van der Waals surface area contributed by atoms with E-state index >= 15 is 0 Å². The second-order valence-corrected chi connectivity index (χ2v) is 5.82. The van der Waals surface area contributed by atoms with Gasteiger partial charge in [-0.3, -0.25) is 14.9 Å². The first-order valence-corrected chi connectivity index (χ1v) is 7.87. The minimum Gasteiger partial charge on any atom is -0.497 e. The lowest BCUT2D eigenvalue weighted by atomic mass is 10.1. The monoisotopic (exact) mass is 343 g/mol. The number of carbonyl (C=O) groups is 1. The second-order valence-electron chi connectivity index (χ2n) is 5.82. The lowest BCUT2D eigenvalue weighted by molar-refractivity contribution is -0.384. The van der Waals surface area contributed by atoms with Gasteiger partial charge in [-0.25, -0.2) is 0 Å². The number of ether oxygens (including phenoxy) is 1. The van der Waals surface area contributed by atoms with E-state index < -0.39 is 4.92 Å². The average molecular weight is 343 g/mol. The molecule has 2 aromatic rings. The first-order valence-electron chi connectivity index (χ1n) is 7.87. The maximum Gasteiger partial charge on any atom is 0.293 e. The Morgan fingerprint density at radius 1 is 1.24 bits per heavy atom. The van der Waals surface area contributed by atoms with Crippen molar-refractivity contribution in [1.29, 1.82) is 0 Å². The van der Waals surface area contributed by atoms with Crippen LogP contribution in [-0.4, -0.2) is 24.0 Å². The topological polar surface area (TPSA) is 93.5 Å². The van der Waals surface area contributed by atoms with Gasteiger partial charge < -0.3 is 15.4 Å². The highest BCUT2D eigenvalue weighted by Crippen LogP contribution is 2.26. The van der Waals surface area contributed by atoms with Gasteiger partial charge in [0.05, 0.1) is 12.0 Å². The zero-order valence-electron chi connectivity index (χ0n) is 14.4. The fourth-order valence-corrected chi connectivity index (χ4v) is 2.30. The number of nitro benzene ring substituents is 1. The number of carbonyl (C=O) groups excluding carboxylic acids is 1. The number of anilines is 1. The fraction of sp³-hybridized carbons (Fsp3) is 0.278. The van der Waals surface area contributed by atoms with Crippen LogP contribution in [0.25, 0.3) is 0 Å². The summed E-state index contributed by atoms with van der Waals surface area (Å²) in [5.41, 5.74) is 1.40. The Kier molecular flexibility index (Phi) is 5.94. The quantitative estimate of drug-likeness (QED) is 0.594. The Hall–Kier alpha value is -3.09. The van der Waals surface area contributed by atoms with Gasteiger partial charge in [-0.15, -0.1) is 0 Å². The van der Waals surface area contributed by atoms with Crippen molar-refractivity contribution in [2.24, 2.45) is 0 Å². The van der Waals surface area contributed by atoms with E-state index in [-0.39, 0.29) is 23.2 Å². The van der Waals surface area contributed by atoms with E-state index in [0.29, 0.717) is 12.2 Å². The summed E-state index contributed by atoms with van der Waals surface area (Å²) < 4.78 is 5.16. The molecule has 132 valence electrons. The molecule has 7 nitrogen and oxygen atoms in total. The summed E-state index contributed by atoms with van der Waals surface area (Å²) >= 11 is 0. The van der Waals surface area contributed by atoms with E-state index in [4.69, 9.17) is 4.74 Å². The zero-order valence-corrected chi connectivity index (χ0v) is 14.4. The molecule has 0 bridgehead atoms. The minimum atomic E-state index is -0.500. The van der Waals surface area contributed by atoms with Gasteiger partial charge >= 0.3 is 0 Å². The summed E-state index contributed by atoms with van der Waals surface area (Å²) in [5, 5.41) is 17.1. The number of amides is 1. The molecule has 2 N–H and O–H groups in total. The lowest BCUT2D eigenvalue weighted by Crippen LogP contribution is -2.30. The van der Waals surface area contributed by atoms with Crippen LogP contribution in [0.5, 0.6) is 5.75 Å². The van der Waals surface area contributed by atoms with Gasteiger partial charge in [0.1, 0.15) is 11.4 Å². The summed E-state index contributed by atoms with van der Waals surface area (Å²) in [6.45, 7) is 4.06. The summed E-state index contributed by atoms with van der Waals surface area (Å²) in [5.74, 6) is 0.381. The molecule has 0 unspecified atom stereocenters. The summed E-state index contributed by atoms with van der Waals surface area (Å²) in [7, 11) is 1.58. The Balaban J connectivity index is 2.19. The van der Waals surface area contributed by atoms with Gasteiger partial charge in [-0.05, 0) is 43.7 Å². The second kappa shape index (κ2) is 8.14. The number of nitro groups is 1. The van der Waals surface area contributed by atoms with Crippen molar-refractivity contribution < 1.29 is 14.5 Å². The van der Waals surface area contributed by atoms with Gasteiger partial charge in [-0.2, -0.15) is 0 Å². The average Bonchev–Trinajstić information content (AvgIpc) is 2.59. The smallest absolute Gasteiger partial charge is 0.293 e. The molecule has 0 heterocycles. The van der Waals surface area contributed by atoms with Crippen LogP contribution in [0.3, 0.4) is 0 Å². The van der Waals surface area contributed by atoms with Crippen LogP contribution in [0.15, 0.2) is 42.5 Å². The SMILES string of the molecule is COc1cccc(CNc2ccc(C(=O)NC(C)C)cc2[N+](=O)[O-])c1. The van der Waals surface area contributed by atoms with Crippen molar-refractivity contribution in [3.05, 3.63) is 63.7 Å². The maximum absolute atomic E-state index is 12.0. The van der Waals surface area contributed by atoms with Crippen molar-refractivity contribution in [1.82, 2.24) is 5.32 Å². The van der Waals surface area contributed by atoms with Crippen molar-refractivity contribution in [3.8, 4) is 5.75 Å². The molecule has 7 heteroatoms. The first kappa shape index (κ1) is 18.3. The van der Waals surface area contributed by atoms with E-state index in [1.807, 2.05) is 38.1 Å². The molecule has 0 saturated carbocycles. The molecule has 2 aromatic carbocycles. The normalized spacial score (nSPS) is 10.4. The van der Waals surface area contributed by atoms with Gasteiger partial charge in [0.15, 0.2) is 0 Å². The highest BCUT2D eigenvalue weighted by molar-refractivity contribution is 5.95. The number of rotatable bonds is 7. The fourth-order valence-electron chi connectivity index (χ4n) is 2.30. The van der Waals surface area contributed by atoms with Gasteiger partial charge in [0, 0.05) is 24.2 Å². The number of hydrogen-bond acceptors (Lipinski definition) is 5. The summed E-state index contributed by atoms with van der Waals surface area (Å²) in [6, 6.07) is 11.8. The van der Waals surface area contributed by atoms with Gasteiger partial charge in [0.2, 0.25) is 0 Å². The van der Waals surface area contributed by atoms with Gasteiger partial charge in [-0.1, -0.05) is 12.1 Å². The van der Waals surface area contributed by atoms with Crippen molar-refractivity contribution in [2.75, 3.05) is 12.4 Å². The number of nitrogens with one attached hydrogen (secondary N) is 2. The first-order chi connectivity index (χ1) is 11.9. The predicted molar refractivity (Wildman–Crippen MR) is 96.0 cm³/mol. The molecule has 0 aromatic heterocycles. The highest BCUT2D eigenvalue weighted by Gasteiger charge is 2.18. The summed E-state index contributed by atoms with van der Waals surface area (Å²) in [4.78, 5) is 22.9. The lowest BCUT2D eigenvalue weighted by Gasteiger charge is -2.11. The molecule has 1 amide bonds. The van der Waals surface area contributed by atoms with Crippen LogP contribution in [0.1, 0.15) is 29.8 Å². The zero-order chi connectivity index (χ0) is 18.4. The number of methoxy groups -OCH3 is 1. The molecule has 0 fully saturated rings. The number of nitrogens with zero attached hydrogens (tertiary/aromatic N) is 1. The Morgan fingerprint density at radius 2 is 2.00 bits per heavy atom. The van der Waals surface area contributed by atoms with E-state index in [9.17, 15) is 14.9 Å². The molecule has 0 spiro atoms. The molecule has 0 saturated heterocycles. The maximum atomic E-state index is 12.0. The molecular weight excluding hydrogens is 322 g/mol. The molecule has 0 aliphatic rings. The van der Waals surface area contributed by atoms with Crippen LogP contribution >= 0.6 is 0 Å². The third-order valence-corrected chi connectivity index (χ3v) is 3.49. The van der Waals surface area contributed by atoms with Crippen molar-refractivity contribution in [2.45, 2.75) is 26.4 Å². The molecule has 0 radical (unpaired) electrons. The van der Waals surface area contributed by atoms with E-state index in [2.05, 4.69) is 10.6 Å².